The van der Waals surface area contributed by atoms with Gasteiger partial charge in [0.25, 0.3) is 0 Å². The first-order chi connectivity index (χ1) is 8.83. The maximum Gasteiger partial charge on any atom is 0.240 e. The van der Waals surface area contributed by atoms with Gasteiger partial charge in [-0.15, -0.1) is 5.10 Å². The van der Waals surface area contributed by atoms with Crippen molar-refractivity contribution in [2.24, 2.45) is 5.10 Å². The van der Waals surface area contributed by atoms with Gasteiger partial charge in [-0.3, -0.25) is 5.43 Å². The number of nitrogens with one attached hydrogen (secondary N) is 1. The second-order valence-electron chi connectivity index (χ2n) is 3.96. The second kappa shape index (κ2) is 4.82. The summed E-state index contributed by atoms with van der Waals surface area (Å²) >= 11 is 3.41. The van der Waals surface area contributed by atoms with E-state index in [9.17, 15) is 0 Å². The van der Waals surface area contributed by atoms with Crippen LogP contribution in [0.15, 0.2) is 64.2 Å². The molecule has 0 aliphatic carbocycles. The van der Waals surface area contributed by atoms with Crippen LogP contribution in [0.25, 0.3) is 0 Å². The summed E-state index contributed by atoms with van der Waals surface area (Å²) in [6, 6.07) is 17.9. The van der Waals surface area contributed by atoms with E-state index in [1.54, 1.807) is 0 Å². The summed E-state index contributed by atoms with van der Waals surface area (Å²) in [7, 11) is 0. The molecule has 3 rings (SSSR count). The number of halogens is 1. The Kier molecular flexibility index (Phi) is 3.02. The number of benzene rings is 2. The number of hydrogen-bond acceptors (Lipinski definition) is 3. The molecule has 0 fully saturated rings. The lowest BCUT2D eigenvalue weighted by Crippen LogP contribution is -2.12. The van der Waals surface area contributed by atoms with Crippen molar-refractivity contribution in [3.05, 3.63) is 70.2 Å². The highest BCUT2D eigenvalue weighted by molar-refractivity contribution is 9.10. The maximum absolute atomic E-state index is 5.80. The number of hydrogen-bond donors (Lipinski definition) is 1. The van der Waals surface area contributed by atoms with Crippen molar-refractivity contribution in [1.29, 1.82) is 0 Å². The van der Waals surface area contributed by atoms with Crippen LogP contribution in [0.4, 0.5) is 0 Å². The largest absolute Gasteiger partial charge is 0.446 e. The summed E-state index contributed by atoms with van der Waals surface area (Å²) in [5.74, 6) is 0.622. The summed E-state index contributed by atoms with van der Waals surface area (Å²) in [4.78, 5) is 0. The zero-order valence-corrected chi connectivity index (χ0v) is 11.1. The number of rotatable bonds is 2. The van der Waals surface area contributed by atoms with Crippen LogP contribution < -0.4 is 5.43 Å². The minimum Gasteiger partial charge on any atom is -0.446 e. The summed E-state index contributed by atoms with van der Waals surface area (Å²) in [5.41, 5.74) is 5.02. The third-order valence-corrected chi connectivity index (χ3v) is 3.23. The van der Waals surface area contributed by atoms with Crippen LogP contribution in [0.5, 0.6) is 0 Å². The minimum absolute atomic E-state index is 0.204. The van der Waals surface area contributed by atoms with Crippen molar-refractivity contribution >= 4 is 21.8 Å². The first kappa shape index (κ1) is 11.3. The van der Waals surface area contributed by atoms with E-state index in [0.717, 1.165) is 15.6 Å². The van der Waals surface area contributed by atoms with Crippen molar-refractivity contribution in [2.45, 2.75) is 6.23 Å². The van der Waals surface area contributed by atoms with Gasteiger partial charge in [-0.25, -0.2) is 0 Å². The molecule has 0 radical (unpaired) electrons. The fourth-order valence-corrected chi connectivity index (χ4v) is 2.04. The molecule has 0 saturated carbocycles. The number of hydrazone groups is 1. The van der Waals surface area contributed by atoms with E-state index in [1.165, 1.54) is 0 Å². The van der Waals surface area contributed by atoms with Gasteiger partial charge in [0.1, 0.15) is 0 Å². The first-order valence-corrected chi connectivity index (χ1v) is 6.43. The van der Waals surface area contributed by atoms with Crippen LogP contribution in [0.2, 0.25) is 0 Å². The summed E-state index contributed by atoms with van der Waals surface area (Å²) in [5, 5.41) is 4.22. The van der Waals surface area contributed by atoms with Crippen LogP contribution in [0.1, 0.15) is 17.4 Å². The lowest BCUT2D eigenvalue weighted by atomic mass is 10.2. The average Bonchev–Trinajstić information content (AvgIpc) is 2.90. The predicted octanol–water partition coefficient (Wildman–Crippen LogP) is 3.43. The van der Waals surface area contributed by atoms with Crippen molar-refractivity contribution in [3.8, 4) is 0 Å². The Morgan fingerprint density at radius 3 is 2.44 bits per heavy atom. The van der Waals surface area contributed by atoms with E-state index < -0.39 is 0 Å². The quantitative estimate of drug-likeness (QED) is 0.922. The maximum atomic E-state index is 5.80. The van der Waals surface area contributed by atoms with Gasteiger partial charge >= 0.3 is 0 Å². The molecule has 0 saturated heterocycles. The molecule has 1 N–H and O–H groups in total. The Morgan fingerprint density at radius 1 is 1.00 bits per heavy atom. The van der Waals surface area contributed by atoms with Gasteiger partial charge in [-0.2, -0.15) is 0 Å². The van der Waals surface area contributed by atoms with E-state index in [1.807, 2.05) is 54.6 Å². The van der Waals surface area contributed by atoms with E-state index >= 15 is 0 Å². The zero-order chi connectivity index (χ0) is 12.4. The third-order valence-electron chi connectivity index (χ3n) is 2.71. The smallest absolute Gasteiger partial charge is 0.240 e. The summed E-state index contributed by atoms with van der Waals surface area (Å²) in [6.07, 6.45) is -0.204. The molecule has 0 spiro atoms. The Hall–Kier alpha value is -1.81. The highest BCUT2D eigenvalue weighted by atomic mass is 79.9. The molecule has 4 heteroatoms. The molecule has 0 aromatic heterocycles. The minimum atomic E-state index is -0.204. The second-order valence-corrected chi connectivity index (χ2v) is 4.88. The van der Waals surface area contributed by atoms with Crippen molar-refractivity contribution in [3.63, 3.8) is 0 Å². The van der Waals surface area contributed by atoms with Gasteiger partial charge in [0.2, 0.25) is 12.1 Å². The normalized spacial score (nSPS) is 17.8. The highest BCUT2D eigenvalue weighted by Gasteiger charge is 2.21. The van der Waals surface area contributed by atoms with Gasteiger partial charge in [0.05, 0.1) is 0 Å². The highest BCUT2D eigenvalue weighted by Crippen LogP contribution is 2.22. The molecule has 90 valence electrons. The van der Waals surface area contributed by atoms with E-state index in [0.29, 0.717) is 5.90 Å². The van der Waals surface area contributed by atoms with Gasteiger partial charge < -0.3 is 4.74 Å². The fraction of sp³-hybridized carbons (Fsp3) is 0.0714. The monoisotopic (exact) mass is 302 g/mol. The molecule has 1 aliphatic rings. The van der Waals surface area contributed by atoms with Crippen LogP contribution in [0, 0.1) is 0 Å². The molecule has 2 aromatic rings. The first-order valence-electron chi connectivity index (χ1n) is 5.64. The van der Waals surface area contributed by atoms with E-state index in [4.69, 9.17) is 4.74 Å². The Morgan fingerprint density at radius 2 is 1.72 bits per heavy atom. The predicted molar refractivity (Wildman–Crippen MR) is 74.1 cm³/mol. The van der Waals surface area contributed by atoms with Crippen molar-refractivity contribution in [2.75, 3.05) is 0 Å². The van der Waals surface area contributed by atoms with Crippen LogP contribution in [0.3, 0.4) is 0 Å². The molecule has 1 heterocycles. The summed E-state index contributed by atoms with van der Waals surface area (Å²) in [6.45, 7) is 0. The van der Waals surface area contributed by atoms with Gasteiger partial charge in [-0.05, 0) is 24.3 Å². The van der Waals surface area contributed by atoms with E-state index in [-0.39, 0.29) is 6.23 Å². The van der Waals surface area contributed by atoms with Gasteiger partial charge in [0, 0.05) is 15.6 Å². The molecule has 1 atom stereocenters. The lowest BCUT2D eigenvalue weighted by molar-refractivity contribution is 0.192. The molecule has 0 bridgehead atoms. The molecule has 18 heavy (non-hydrogen) atoms. The van der Waals surface area contributed by atoms with E-state index in [2.05, 4.69) is 26.5 Å². The van der Waals surface area contributed by atoms with Crippen LogP contribution >= 0.6 is 15.9 Å². The topological polar surface area (TPSA) is 33.6 Å². The Balaban J connectivity index is 1.77. The third kappa shape index (κ3) is 2.24. The molecule has 2 aromatic carbocycles. The lowest BCUT2D eigenvalue weighted by Gasteiger charge is -2.11. The summed E-state index contributed by atoms with van der Waals surface area (Å²) < 4.78 is 6.84. The SMILES string of the molecule is Brc1ccc(C2=NNC(c3ccccc3)O2)cc1. The van der Waals surface area contributed by atoms with Crippen molar-refractivity contribution < 1.29 is 4.74 Å². The molecule has 1 unspecified atom stereocenters. The number of nitrogens with zero attached hydrogens (tertiary/aromatic N) is 1. The standard InChI is InChI=1S/C14H11BrN2O/c15-12-8-6-11(7-9-12)14-17-16-13(18-14)10-4-2-1-3-5-10/h1-9,13,16H. The zero-order valence-electron chi connectivity index (χ0n) is 9.51. The fourth-order valence-electron chi connectivity index (χ4n) is 1.78. The van der Waals surface area contributed by atoms with Gasteiger partial charge in [-0.1, -0.05) is 46.3 Å². The van der Waals surface area contributed by atoms with Crippen LogP contribution in [-0.4, -0.2) is 5.90 Å². The molecule has 3 nitrogen and oxygen atoms in total. The Bertz CT molecular complexity index is 566. The van der Waals surface area contributed by atoms with Crippen molar-refractivity contribution in [1.82, 2.24) is 5.43 Å². The van der Waals surface area contributed by atoms with Gasteiger partial charge in [0.15, 0.2) is 0 Å². The van der Waals surface area contributed by atoms with Crippen LogP contribution in [-0.2, 0) is 4.74 Å². The molecule has 1 aliphatic heterocycles. The Labute approximate surface area is 114 Å². The molecular weight excluding hydrogens is 292 g/mol. The number of ether oxygens (including phenoxy) is 1. The molecule has 0 amide bonds. The molecular formula is C14H11BrN2O. The average molecular weight is 303 g/mol.